The van der Waals surface area contributed by atoms with E-state index in [2.05, 4.69) is 52.6 Å². The van der Waals surface area contributed by atoms with Crippen LogP contribution in [-0.2, 0) is 11.8 Å². The van der Waals surface area contributed by atoms with Crippen molar-refractivity contribution in [2.24, 2.45) is 12.1 Å². The van der Waals surface area contributed by atoms with Crippen molar-refractivity contribution in [2.75, 3.05) is 5.75 Å². The van der Waals surface area contributed by atoms with E-state index in [-0.39, 0.29) is 11.7 Å². The Hall–Kier alpha value is -1.97. The van der Waals surface area contributed by atoms with Gasteiger partial charge in [0.05, 0.1) is 12.0 Å². The number of halogens is 2. The number of hydrogen-bond donors (Lipinski definition) is 1. The molecule has 1 aromatic heterocycles. The van der Waals surface area contributed by atoms with Crippen molar-refractivity contribution in [1.29, 1.82) is 0 Å². The van der Waals surface area contributed by atoms with Crippen molar-refractivity contribution < 1.29 is 4.79 Å². The van der Waals surface area contributed by atoms with E-state index in [1.54, 1.807) is 6.21 Å². The second-order valence-electron chi connectivity index (χ2n) is 5.51. The quantitative estimate of drug-likeness (QED) is 0.307. The molecule has 0 aliphatic heterocycles. The minimum absolute atomic E-state index is 0.197. The van der Waals surface area contributed by atoms with Crippen LogP contribution >= 0.6 is 43.6 Å². The van der Waals surface area contributed by atoms with Crippen molar-refractivity contribution in [3.63, 3.8) is 0 Å². The largest absolute Gasteiger partial charge is 0.305 e. The first-order valence-electron chi connectivity index (χ1n) is 7.88. The fourth-order valence-electron chi connectivity index (χ4n) is 2.22. The zero-order valence-corrected chi connectivity index (χ0v) is 18.3. The Bertz CT molecular complexity index is 972. The minimum atomic E-state index is -0.209. The molecule has 1 amide bonds. The lowest BCUT2D eigenvalue weighted by Crippen LogP contribution is -2.19. The Morgan fingerprint density at radius 1 is 1.19 bits per heavy atom. The SMILES string of the molecule is Cn1c(SCC(=O)N/N=C\c2cccc(Br)c2)nnc1-c1ccc(Br)cc1. The number of nitrogens with one attached hydrogen (secondary N) is 1. The van der Waals surface area contributed by atoms with Gasteiger partial charge in [-0.15, -0.1) is 10.2 Å². The molecule has 27 heavy (non-hydrogen) atoms. The maximum atomic E-state index is 12.0. The van der Waals surface area contributed by atoms with Crippen LogP contribution < -0.4 is 5.43 Å². The van der Waals surface area contributed by atoms with Crippen molar-refractivity contribution in [3.05, 3.63) is 63.0 Å². The molecule has 0 saturated heterocycles. The number of nitrogens with zero attached hydrogens (tertiary/aromatic N) is 4. The van der Waals surface area contributed by atoms with E-state index in [0.29, 0.717) is 5.16 Å². The van der Waals surface area contributed by atoms with Gasteiger partial charge >= 0.3 is 0 Å². The smallest absolute Gasteiger partial charge is 0.250 e. The van der Waals surface area contributed by atoms with Crippen molar-refractivity contribution in [3.8, 4) is 11.4 Å². The number of carbonyl (C=O) groups is 1. The summed E-state index contributed by atoms with van der Waals surface area (Å²) in [5.41, 5.74) is 4.37. The van der Waals surface area contributed by atoms with Crippen LogP contribution in [0.1, 0.15) is 5.56 Å². The number of amides is 1. The molecule has 9 heteroatoms. The molecule has 0 atom stereocenters. The van der Waals surface area contributed by atoms with Crippen molar-refractivity contribution in [1.82, 2.24) is 20.2 Å². The maximum Gasteiger partial charge on any atom is 0.250 e. The summed E-state index contributed by atoms with van der Waals surface area (Å²) in [5.74, 6) is 0.736. The van der Waals surface area contributed by atoms with Gasteiger partial charge in [0.15, 0.2) is 11.0 Å². The number of benzene rings is 2. The molecule has 6 nitrogen and oxygen atoms in total. The topological polar surface area (TPSA) is 72.2 Å². The van der Waals surface area contributed by atoms with E-state index in [1.807, 2.05) is 60.1 Å². The van der Waals surface area contributed by atoms with Crippen LogP contribution in [0.15, 0.2) is 67.7 Å². The van der Waals surface area contributed by atoms with E-state index < -0.39 is 0 Å². The highest BCUT2D eigenvalue weighted by Gasteiger charge is 2.12. The summed E-state index contributed by atoms with van der Waals surface area (Å²) in [4.78, 5) is 12.0. The fourth-order valence-corrected chi connectivity index (χ4v) is 3.60. The van der Waals surface area contributed by atoms with Crippen LogP contribution in [0.25, 0.3) is 11.4 Å². The van der Waals surface area contributed by atoms with Gasteiger partial charge in [-0.2, -0.15) is 5.10 Å². The molecule has 0 spiro atoms. The third-order valence-corrected chi connectivity index (χ3v) is 5.56. The summed E-state index contributed by atoms with van der Waals surface area (Å²) in [5, 5.41) is 13.0. The zero-order chi connectivity index (χ0) is 19.2. The molecule has 0 bridgehead atoms. The van der Waals surface area contributed by atoms with E-state index in [1.165, 1.54) is 11.8 Å². The molecule has 2 aromatic carbocycles. The summed E-state index contributed by atoms with van der Waals surface area (Å²) in [6.07, 6.45) is 1.60. The van der Waals surface area contributed by atoms with Crippen LogP contribution in [0, 0.1) is 0 Å². The highest BCUT2D eigenvalue weighted by atomic mass is 79.9. The van der Waals surface area contributed by atoms with Crippen molar-refractivity contribution >= 4 is 55.7 Å². The summed E-state index contributed by atoms with van der Waals surface area (Å²) < 4.78 is 3.83. The Morgan fingerprint density at radius 3 is 2.70 bits per heavy atom. The summed E-state index contributed by atoms with van der Waals surface area (Å²) >= 11 is 8.12. The standard InChI is InChI=1S/C18H15Br2N5OS/c1-25-17(13-5-7-14(19)8-6-13)23-24-18(25)27-11-16(26)22-21-10-12-3-2-4-15(20)9-12/h2-10H,11H2,1H3,(H,22,26)/b21-10-. The van der Waals surface area contributed by atoms with Crippen LogP contribution in [0.4, 0.5) is 0 Å². The molecular weight excluding hydrogens is 494 g/mol. The highest BCUT2D eigenvalue weighted by molar-refractivity contribution is 9.10. The Morgan fingerprint density at radius 2 is 1.96 bits per heavy atom. The lowest BCUT2D eigenvalue weighted by atomic mass is 10.2. The molecule has 0 fully saturated rings. The van der Waals surface area contributed by atoms with E-state index in [9.17, 15) is 4.79 Å². The van der Waals surface area contributed by atoms with Gasteiger partial charge in [0.25, 0.3) is 5.91 Å². The molecule has 0 saturated carbocycles. The molecule has 1 N–H and O–H groups in total. The maximum absolute atomic E-state index is 12.0. The normalized spacial score (nSPS) is 11.1. The van der Waals surface area contributed by atoms with Gasteiger partial charge in [0.1, 0.15) is 0 Å². The second-order valence-corrected chi connectivity index (χ2v) is 8.28. The molecule has 3 aromatic rings. The first-order valence-corrected chi connectivity index (χ1v) is 10.5. The number of carbonyl (C=O) groups excluding carboxylic acids is 1. The van der Waals surface area contributed by atoms with Gasteiger partial charge in [-0.05, 0) is 29.8 Å². The van der Waals surface area contributed by atoms with Crippen LogP contribution in [0.3, 0.4) is 0 Å². The third-order valence-electron chi connectivity index (χ3n) is 3.52. The van der Waals surface area contributed by atoms with Gasteiger partial charge in [0.2, 0.25) is 0 Å². The van der Waals surface area contributed by atoms with Gasteiger partial charge < -0.3 is 4.57 Å². The van der Waals surface area contributed by atoms with Gasteiger partial charge in [-0.3, -0.25) is 4.79 Å². The summed E-state index contributed by atoms with van der Waals surface area (Å²) in [7, 11) is 1.88. The van der Waals surface area contributed by atoms with Gasteiger partial charge in [-0.25, -0.2) is 5.43 Å². The zero-order valence-electron chi connectivity index (χ0n) is 14.3. The average molecular weight is 509 g/mol. The van der Waals surface area contributed by atoms with E-state index in [4.69, 9.17) is 0 Å². The molecule has 0 unspecified atom stereocenters. The molecule has 138 valence electrons. The number of rotatable bonds is 6. The van der Waals surface area contributed by atoms with Crippen LogP contribution in [0.2, 0.25) is 0 Å². The molecule has 0 aliphatic carbocycles. The lowest BCUT2D eigenvalue weighted by Gasteiger charge is -2.04. The monoisotopic (exact) mass is 507 g/mol. The Labute approximate surface area is 177 Å². The first-order chi connectivity index (χ1) is 13.0. The average Bonchev–Trinajstić information content (AvgIpc) is 3.01. The Kier molecular flexibility index (Phi) is 6.81. The summed E-state index contributed by atoms with van der Waals surface area (Å²) in [6, 6.07) is 15.5. The fraction of sp³-hybridized carbons (Fsp3) is 0.111. The van der Waals surface area contributed by atoms with E-state index in [0.717, 1.165) is 25.9 Å². The van der Waals surface area contributed by atoms with Gasteiger partial charge in [0, 0.05) is 21.6 Å². The van der Waals surface area contributed by atoms with Crippen molar-refractivity contribution in [2.45, 2.75) is 5.16 Å². The summed E-state index contributed by atoms with van der Waals surface area (Å²) in [6.45, 7) is 0. The molecule has 3 rings (SSSR count). The number of hydrogen-bond acceptors (Lipinski definition) is 5. The number of thioether (sulfide) groups is 1. The number of aromatic nitrogens is 3. The second kappa shape index (κ2) is 9.29. The minimum Gasteiger partial charge on any atom is -0.305 e. The molecular formula is C18H15Br2N5OS. The number of hydrazone groups is 1. The predicted molar refractivity (Wildman–Crippen MR) is 115 cm³/mol. The molecule has 0 aliphatic rings. The highest BCUT2D eigenvalue weighted by Crippen LogP contribution is 2.23. The predicted octanol–water partition coefficient (Wildman–Crippen LogP) is 4.25. The third kappa shape index (κ3) is 5.50. The molecule has 0 radical (unpaired) electrons. The Balaban J connectivity index is 1.55. The molecule has 1 heterocycles. The van der Waals surface area contributed by atoms with E-state index >= 15 is 0 Å². The van der Waals surface area contributed by atoms with Gasteiger partial charge in [-0.1, -0.05) is 67.9 Å². The lowest BCUT2D eigenvalue weighted by molar-refractivity contribution is -0.118. The first kappa shape index (κ1) is 19.8. The van der Waals surface area contributed by atoms with Crippen LogP contribution in [0.5, 0.6) is 0 Å². The van der Waals surface area contributed by atoms with Crippen LogP contribution in [-0.4, -0.2) is 32.6 Å².